The highest BCUT2D eigenvalue weighted by atomic mass is 79.9. The predicted molar refractivity (Wildman–Crippen MR) is 200 cm³/mol. The van der Waals surface area contributed by atoms with E-state index in [1.807, 2.05) is 0 Å². The van der Waals surface area contributed by atoms with Gasteiger partial charge in [0.25, 0.3) is 0 Å². The number of thiazole rings is 2. The smallest absolute Gasteiger partial charge is 0.222 e. The number of benzene rings is 2. The Bertz CT molecular complexity index is 1240. The molecule has 6 nitrogen and oxygen atoms in total. The summed E-state index contributed by atoms with van der Waals surface area (Å²) in [7, 11) is 0. The number of hydrogen-bond acceptors (Lipinski definition) is 8. The van der Waals surface area contributed by atoms with Gasteiger partial charge in [-0.05, 0) is 99.5 Å². The first-order valence-electron chi connectivity index (χ1n) is 14.4. The minimum absolute atomic E-state index is 0.0208. The van der Waals surface area contributed by atoms with E-state index in [9.17, 15) is 4.79 Å². The van der Waals surface area contributed by atoms with Crippen molar-refractivity contribution in [1.82, 2.24) is 15.3 Å². The van der Waals surface area contributed by atoms with Crippen molar-refractivity contribution >= 4 is 74.5 Å². The second-order valence-electron chi connectivity index (χ2n) is 9.62. The molecule has 44 heavy (non-hydrogen) atoms. The Hall–Kier alpha value is -2.15. The van der Waals surface area contributed by atoms with Crippen LogP contribution in [0.2, 0.25) is 0 Å². The quantitative estimate of drug-likeness (QED) is 0.0778. The second-order valence-corrected chi connectivity index (χ2v) is 13.4. The Balaban J connectivity index is 0.000000340. The highest BCUT2D eigenvalue weighted by Crippen LogP contribution is 2.14. The lowest BCUT2D eigenvalue weighted by atomic mass is 10.1. The monoisotopic (exact) mass is 736 g/mol. The van der Waals surface area contributed by atoms with Crippen molar-refractivity contribution in [2.24, 2.45) is 5.73 Å². The molecule has 0 aliphatic rings. The van der Waals surface area contributed by atoms with E-state index in [0.717, 1.165) is 59.6 Å². The summed E-state index contributed by atoms with van der Waals surface area (Å²) in [5, 5.41) is 17.4. The standard InChI is InChI=1S/C14H16BrNS.C14H17NS2.C3H6N2OS.C2H6O/c1-11-16-14(10-17-11)7-6-12-2-4-13(5-3-12)8-9-15;1-11-15-14(10-17-11)7-6-12-2-4-13(5-3-12)8-9-16;1-2(6)5-3(4)7;1-2-3/h2-5,10H,6-9H2,1H3;2-5,10,16H,6-9H2,1H3;1H3,(H3,4,5,6,7);3H,2H2,1H3. The number of aromatic nitrogens is 2. The number of hydrogen-bond donors (Lipinski definition) is 4. The van der Waals surface area contributed by atoms with Gasteiger partial charge in [0.15, 0.2) is 5.11 Å². The number of thiol groups is 1. The zero-order chi connectivity index (χ0) is 32.7. The number of carbonyl (C=O) groups is 1. The van der Waals surface area contributed by atoms with Gasteiger partial charge in [0.1, 0.15) is 0 Å². The maximum Gasteiger partial charge on any atom is 0.222 e. The van der Waals surface area contributed by atoms with Crippen LogP contribution in [0.3, 0.4) is 0 Å². The Morgan fingerprint density at radius 1 is 0.841 bits per heavy atom. The maximum absolute atomic E-state index is 9.98. The second kappa shape index (κ2) is 24.1. The van der Waals surface area contributed by atoms with Crippen molar-refractivity contribution in [3.63, 3.8) is 0 Å². The third kappa shape index (κ3) is 19.3. The van der Waals surface area contributed by atoms with Crippen LogP contribution in [-0.2, 0) is 43.3 Å². The van der Waals surface area contributed by atoms with E-state index in [1.165, 1.54) is 40.6 Å². The van der Waals surface area contributed by atoms with Gasteiger partial charge in [-0.15, -0.1) is 22.7 Å². The molecular weight excluding hydrogens is 693 g/mol. The summed E-state index contributed by atoms with van der Waals surface area (Å²) in [6, 6.07) is 17.8. The van der Waals surface area contributed by atoms with Gasteiger partial charge in [-0.25, -0.2) is 9.97 Å². The number of nitrogens with two attached hydrogens (primary N) is 1. The van der Waals surface area contributed by atoms with Crippen molar-refractivity contribution < 1.29 is 9.90 Å². The Labute approximate surface area is 290 Å². The van der Waals surface area contributed by atoms with Crippen molar-refractivity contribution in [3.8, 4) is 0 Å². The molecule has 0 spiro atoms. The van der Waals surface area contributed by atoms with Crippen molar-refractivity contribution in [2.75, 3.05) is 17.7 Å². The summed E-state index contributed by atoms with van der Waals surface area (Å²) >= 11 is 15.5. The van der Waals surface area contributed by atoms with Crippen LogP contribution >= 0.6 is 63.5 Å². The van der Waals surface area contributed by atoms with E-state index in [-0.39, 0.29) is 17.6 Å². The highest BCUT2D eigenvalue weighted by Gasteiger charge is 2.01. The Morgan fingerprint density at radius 2 is 1.20 bits per heavy atom. The average Bonchev–Trinajstić information content (AvgIpc) is 3.60. The first-order valence-corrected chi connectivity index (χ1v) is 18.3. The molecule has 0 aliphatic heterocycles. The zero-order valence-corrected chi connectivity index (χ0v) is 30.9. The van der Waals surface area contributed by atoms with Gasteiger partial charge in [0.05, 0.1) is 21.4 Å². The molecule has 240 valence electrons. The summed E-state index contributed by atoms with van der Waals surface area (Å²) in [5.74, 6) is 0.685. The van der Waals surface area contributed by atoms with Crippen LogP contribution in [0, 0.1) is 13.8 Å². The van der Waals surface area contributed by atoms with Crippen molar-refractivity contribution in [3.05, 3.63) is 103 Å². The molecule has 11 heteroatoms. The summed E-state index contributed by atoms with van der Waals surface area (Å²) in [6.07, 6.45) is 6.39. The van der Waals surface area contributed by atoms with Crippen LogP contribution in [0.4, 0.5) is 0 Å². The molecule has 4 rings (SSSR count). The molecule has 2 aromatic carbocycles. The lowest BCUT2D eigenvalue weighted by molar-refractivity contribution is -0.117. The van der Waals surface area contributed by atoms with Crippen molar-refractivity contribution in [2.45, 2.75) is 66.2 Å². The third-order valence-corrected chi connectivity index (χ3v) is 8.17. The third-order valence-electron chi connectivity index (χ3n) is 5.80. The zero-order valence-electron chi connectivity index (χ0n) is 26.0. The van der Waals surface area contributed by atoms with E-state index in [1.54, 1.807) is 29.6 Å². The molecule has 2 aromatic heterocycles. The number of alkyl halides is 1. The molecule has 1 amide bonds. The fourth-order valence-corrected chi connectivity index (χ4v) is 5.90. The number of carbonyl (C=O) groups excluding carboxylic acids is 1. The van der Waals surface area contributed by atoms with Crippen LogP contribution in [0.5, 0.6) is 0 Å². The number of aliphatic hydroxyl groups is 1. The average molecular weight is 738 g/mol. The Kier molecular flexibility index (Phi) is 21.9. The number of aryl methyl sites for hydroxylation is 8. The molecule has 4 N–H and O–H groups in total. The summed E-state index contributed by atoms with van der Waals surface area (Å²) < 4.78 is 0. The molecule has 0 unspecified atom stereocenters. The normalized spacial score (nSPS) is 9.89. The van der Waals surface area contributed by atoms with E-state index in [0.29, 0.717) is 0 Å². The number of amides is 1. The van der Waals surface area contributed by atoms with Crippen LogP contribution < -0.4 is 11.1 Å². The molecule has 0 fully saturated rings. The van der Waals surface area contributed by atoms with Crippen LogP contribution in [0.1, 0.15) is 57.5 Å². The van der Waals surface area contributed by atoms with E-state index >= 15 is 0 Å². The Morgan fingerprint density at radius 3 is 1.45 bits per heavy atom. The SMILES string of the molecule is CC(=O)NC(N)=S.CCO.Cc1nc(CCc2ccc(CCBr)cc2)cs1.Cc1nc(CCc2ccc(CCS)cc2)cs1. The molecule has 0 radical (unpaired) electrons. The highest BCUT2D eigenvalue weighted by molar-refractivity contribution is 9.09. The van der Waals surface area contributed by atoms with Crippen LogP contribution in [0.15, 0.2) is 59.3 Å². The van der Waals surface area contributed by atoms with E-state index < -0.39 is 0 Å². The van der Waals surface area contributed by atoms with Gasteiger partial charge in [-0.1, -0.05) is 64.5 Å². The number of rotatable bonds is 10. The number of nitrogens with zero attached hydrogens (tertiary/aromatic N) is 2. The van der Waals surface area contributed by atoms with Crippen LogP contribution in [0.25, 0.3) is 0 Å². The van der Waals surface area contributed by atoms with Gasteiger partial charge in [0, 0.05) is 29.6 Å². The number of aliphatic hydroxyl groups excluding tert-OH is 1. The molecule has 0 aliphatic carbocycles. The number of halogens is 1. The minimum atomic E-state index is -0.229. The molecule has 2 heterocycles. The largest absolute Gasteiger partial charge is 0.397 e. The van der Waals surface area contributed by atoms with Crippen molar-refractivity contribution in [1.29, 1.82) is 0 Å². The molecule has 4 aromatic rings. The van der Waals surface area contributed by atoms with E-state index in [4.69, 9.17) is 10.8 Å². The van der Waals surface area contributed by atoms with Gasteiger partial charge >= 0.3 is 0 Å². The molecule has 0 bridgehead atoms. The van der Waals surface area contributed by atoms with Gasteiger partial charge in [-0.2, -0.15) is 12.6 Å². The van der Waals surface area contributed by atoms with E-state index in [2.05, 4.69) is 129 Å². The molecule has 0 atom stereocenters. The van der Waals surface area contributed by atoms with Gasteiger partial charge in [0.2, 0.25) is 5.91 Å². The molecule has 0 saturated carbocycles. The number of nitrogens with one attached hydrogen (secondary N) is 1. The summed E-state index contributed by atoms with van der Waals surface area (Å²) in [5.41, 5.74) is 12.9. The molecular formula is C33H45BrN4O2S4. The predicted octanol–water partition coefficient (Wildman–Crippen LogP) is 7.25. The van der Waals surface area contributed by atoms with Gasteiger partial charge in [-0.3, -0.25) is 4.79 Å². The van der Waals surface area contributed by atoms with Gasteiger partial charge < -0.3 is 16.2 Å². The fourth-order valence-electron chi connectivity index (χ4n) is 3.75. The minimum Gasteiger partial charge on any atom is -0.397 e. The first-order chi connectivity index (χ1) is 21.1. The fraction of sp³-hybridized carbons (Fsp3) is 0.394. The molecule has 0 saturated heterocycles. The lowest BCUT2D eigenvalue weighted by Gasteiger charge is -2.02. The topological polar surface area (TPSA) is 101 Å². The number of thiocarbonyl (C=S) groups is 1. The summed E-state index contributed by atoms with van der Waals surface area (Å²) in [6.45, 7) is 7.39. The van der Waals surface area contributed by atoms with Crippen LogP contribution in [-0.4, -0.2) is 43.8 Å². The lowest BCUT2D eigenvalue weighted by Crippen LogP contribution is -2.32. The summed E-state index contributed by atoms with van der Waals surface area (Å²) in [4.78, 5) is 18.9. The maximum atomic E-state index is 9.98. The first kappa shape index (κ1) is 39.9.